The van der Waals surface area contributed by atoms with Crippen LogP contribution in [0.25, 0.3) is 0 Å². The van der Waals surface area contributed by atoms with Crippen LogP contribution < -0.4 is 10.6 Å². The number of aliphatic imine (C=N–C) groups is 1. The van der Waals surface area contributed by atoms with Crippen LogP contribution in [-0.4, -0.2) is 34.9 Å². The monoisotopic (exact) mass is 331 g/mol. The minimum absolute atomic E-state index is 0.271. The van der Waals surface area contributed by atoms with Gasteiger partial charge in [0.2, 0.25) is 0 Å². The molecule has 24 heavy (non-hydrogen) atoms. The lowest BCUT2D eigenvalue weighted by molar-refractivity contribution is 0.510. The van der Waals surface area contributed by atoms with Crippen LogP contribution in [0.1, 0.15) is 36.6 Å². The van der Waals surface area contributed by atoms with Crippen LogP contribution in [0.3, 0.4) is 0 Å². The number of furan rings is 1. The van der Waals surface area contributed by atoms with Crippen LogP contribution in [0, 0.1) is 13.8 Å². The minimum atomic E-state index is 0.271. The van der Waals surface area contributed by atoms with Crippen molar-refractivity contribution in [2.45, 2.75) is 46.6 Å². The first-order valence-corrected chi connectivity index (χ1v) is 8.57. The molecule has 1 atom stereocenters. The molecule has 132 valence electrons. The van der Waals surface area contributed by atoms with Gasteiger partial charge in [-0.1, -0.05) is 0 Å². The molecule has 2 aromatic rings. The third-order valence-corrected chi connectivity index (χ3v) is 4.10. The molecule has 1 unspecified atom stereocenters. The molecular weight excluding hydrogens is 302 g/mol. The first kappa shape index (κ1) is 18.1. The van der Waals surface area contributed by atoms with Crippen LogP contribution in [0.5, 0.6) is 0 Å². The number of nitrogens with zero attached hydrogens (tertiary/aromatic N) is 3. The van der Waals surface area contributed by atoms with Gasteiger partial charge in [0.25, 0.3) is 0 Å². The van der Waals surface area contributed by atoms with Crippen molar-refractivity contribution in [3.8, 4) is 0 Å². The van der Waals surface area contributed by atoms with Gasteiger partial charge in [0.1, 0.15) is 5.76 Å². The highest BCUT2D eigenvalue weighted by Gasteiger charge is 2.13. The van der Waals surface area contributed by atoms with Gasteiger partial charge in [-0.25, -0.2) is 0 Å². The number of hydrogen-bond acceptors (Lipinski definition) is 3. The minimum Gasteiger partial charge on any atom is -0.469 e. The normalized spacial score (nSPS) is 13.1. The molecule has 0 spiro atoms. The molecule has 6 heteroatoms. The maximum Gasteiger partial charge on any atom is 0.191 e. The van der Waals surface area contributed by atoms with Crippen LogP contribution in [0.4, 0.5) is 0 Å². The summed E-state index contributed by atoms with van der Waals surface area (Å²) in [4.78, 5) is 4.63. The summed E-state index contributed by atoms with van der Waals surface area (Å²) < 4.78 is 7.29. The lowest BCUT2D eigenvalue weighted by Gasteiger charge is -2.18. The SMILES string of the molecule is CCNC(=NCCc1ccco1)NC(C)Cc1c(C)nn(C)c1C. The fraction of sp³-hybridized carbons (Fsp3) is 0.556. The van der Waals surface area contributed by atoms with E-state index in [4.69, 9.17) is 4.42 Å². The molecule has 6 nitrogen and oxygen atoms in total. The highest BCUT2D eigenvalue weighted by atomic mass is 16.3. The summed E-state index contributed by atoms with van der Waals surface area (Å²) in [6.07, 6.45) is 3.43. The molecule has 0 amide bonds. The average Bonchev–Trinajstić information content (AvgIpc) is 3.12. The van der Waals surface area contributed by atoms with E-state index in [2.05, 4.69) is 48.4 Å². The Kier molecular flexibility index (Phi) is 6.46. The van der Waals surface area contributed by atoms with Gasteiger partial charge >= 0.3 is 0 Å². The van der Waals surface area contributed by atoms with Crippen molar-refractivity contribution in [3.05, 3.63) is 41.1 Å². The van der Waals surface area contributed by atoms with Crippen molar-refractivity contribution in [2.75, 3.05) is 13.1 Å². The fourth-order valence-corrected chi connectivity index (χ4v) is 2.76. The topological polar surface area (TPSA) is 67.4 Å². The summed E-state index contributed by atoms with van der Waals surface area (Å²) in [6, 6.07) is 4.16. The quantitative estimate of drug-likeness (QED) is 0.604. The number of aromatic nitrogens is 2. The number of guanidine groups is 1. The van der Waals surface area contributed by atoms with E-state index in [9.17, 15) is 0 Å². The molecule has 2 rings (SSSR count). The van der Waals surface area contributed by atoms with E-state index in [1.807, 2.05) is 23.9 Å². The second-order valence-corrected chi connectivity index (χ2v) is 6.11. The van der Waals surface area contributed by atoms with E-state index >= 15 is 0 Å². The summed E-state index contributed by atoms with van der Waals surface area (Å²) in [5.41, 5.74) is 3.63. The Labute approximate surface area is 144 Å². The standard InChI is InChI=1S/C18H29N5O/c1-6-19-18(20-10-9-16-8-7-11-24-16)21-13(2)12-17-14(3)22-23(5)15(17)4/h7-8,11,13H,6,9-10,12H2,1-5H3,(H2,19,20,21). The summed E-state index contributed by atoms with van der Waals surface area (Å²) in [7, 11) is 1.99. The van der Waals surface area contributed by atoms with Gasteiger partial charge < -0.3 is 15.1 Å². The molecule has 0 fully saturated rings. The largest absolute Gasteiger partial charge is 0.469 e. The van der Waals surface area contributed by atoms with Gasteiger partial charge in [0.15, 0.2) is 5.96 Å². The molecule has 2 N–H and O–H groups in total. The third-order valence-electron chi connectivity index (χ3n) is 4.10. The van der Waals surface area contributed by atoms with Crippen molar-refractivity contribution in [1.29, 1.82) is 0 Å². The maximum atomic E-state index is 5.34. The average molecular weight is 331 g/mol. The zero-order valence-electron chi connectivity index (χ0n) is 15.4. The molecule has 2 heterocycles. The Hall–Kier alpha value is -2.24. The molecule has 0 aromatic carbocycles. The predicted octanol–water partition coefficient (Wildman–Crippen LogP) is 2.36. The van der Waals surface area contributed by atoms with E-state index in [1.165, 1.54) is 11.3 Å². The molecule has 0 aliphatic rings. The Morgan fingerprint density at radius 3 is 2.79 bits per heavy atom. The molecule has 0 saturated carbocycles. The molecule has 0 aliphatic heterocycles. The summed E-state index contributed by atoms with van der Waals surface area (Å²) in [5, 5.41) is 11.3. The van der Waals surface area contributed by atoms with E-state index in [0.29, 0.717) is 6.54 Å². The van der Waals surface area contributed by atoms with Gasteiger partial charge in [0.05, 0.1) is 12.0 Å². The summed E-state index contributed by atoms with van der Waals surface area (Å²) in [5.74, 6) is 1.81. The molecule has 2 aromatic heterocycles. The number of hydrogen-bond donors (Lipinski definition) is 2. The Balaban J connectivity index is 1.93. The van der Waals surface area contributed by atoms with Crippen molar-refractivity contribution in [1.82, 2.24) is 20.4 Å². The van der Waals surface area contributed by atoms with E-state index in [0.717, 1.165) is 36.8 Å². The van der Waals surface area contributed by atoms with E-state index < -0.39 is 0 Å². The van der Waals surface area contributed by atoms with Gasteiger partial charge in [-0.2, -0.15) is 5.10 Å². The zero-order chi connectivity index (χ0) is 17.5. The van der Waals surface area contributed by atoms with E-state index in [-0.39, 0.29) is 6.04 Å². The zero-order valence-corrected chi connectivity index (χ0v) is 15.4. The maximum absolute atomic E-state index is 5.34. The number of rotatable bonds is 7. The van der Waals surface area contributed by atoms with Gasteiger partial charge in [-0.15, -0.1) is 0 Å². The highest BCUT2D eigenvalue weighted by Crippen LogP contribution is 2.14. The predicted molar refractivity (Wildman–Crippen MR) is 97.4 cm³/mol. The molecule has 0 aliphatic carbocycles. The molecular formula is C18H29N5O. The van der Waals surface area contributed by atoms with Crippen molar-refractivity contribution in [2.24, 2.45) is 12.0 Å². The summed E-state index contributed by atoms with van der Waals surface area (Å²) in [6.45, 7) is 9.96. The smallest absolute Gasteiger partial charge is 0.191 e. The second-order valence-electron chi connectivity index (χ2n) is 6.11. The van der Waals surface area contributed by atoms with Crippen LogP contribution >= 0.6 is 0 Å². The van der Waals surface area contributed by atoms with Crippen molar-refractivity contribution < 1.29 is 4.42 Å². The Morgan fingerprint density at radius 1 is 1.42 bits per heavy atom. The Bertz CT molecular complexity index is 657. The van der Waals surface area contributed by atoms with Crippen molar-refractivity contribution >= 4 is 5.96 Å². The first-order valence-electron chi connectivity index (χ1n) is 8.57. The third kappa shape index (κ3) is 4.88. The summed E-state index contributed by atoms with van der Waals surface area (Å²) >= 11 is 0. The molecule has 0 radical (unpaired) electrons. The fourth-order valence-electron chi connectivity index (χ4n) is 2.76. The van der Waals surface area contributed by atoms with Gasteiger partial charge in [0, 0.05) is 38.3 Å². The highest BCUT2D eigenvalue weighted by molar-refractivity contribution is 5.80. The molecule has 0 bridgehead atoms. The number of nitrogens with one attached hydrogen (secondary N) is 2. The van der Waals surface area contributed by atoms with Gasteiger partial charge in [-0.3, -0.25) is 9.67 Å². The van der Waals surface area contributed by atoms with Crippen LogP contribution in [0.2, 0.25) is 0 Å². The van der Waals surface area contributed by atoms with E-state index in [1.54, 1.807) is 6.26 Å². The Morgan fingerprint density at radius 2 is 2.21 bits per heavy atom. The molecule has 0 saturated heterocycles. The van der Waals surface area contributed by atoms with Crippen molar-refractivity contribution in [3.63, 3.8) is 0 Å². The lowest BCUT2D eigenvalue weighted by Crippen LogP contribution is -2.43. The lowest BCUT2D eigenvalue weighted by atomic mass is 10.1. The first-order chi connectivity index (χ1) is 11.5. The second kappa shape index (κ2) is 8.57. The van der Waals surface area contributed by atoms with Crippen LogP contribution in [0.15, 0.2) is 27.8 Å². The van der Waals surface area contributed by atoms with Crippen LogP contribution in [-0.2, 0) is 19.9 Å². The van der Waals surface area contributed by atoms with Gasteiger partial charge in [-0.05, 0) is 51.8 Å². The number of aryl methyl sites for hydroxylation is 2.